The molecular weight excluding hydrogens is 529 g/mol. The van der Waals surface area contributed by atoms with Crippen molar-refractivity contribution in [2.24, 2.45) is 4.99 Å². The lowest BCUT2D eigenvalue weighted by atomic mass is 10.2. The number of rotatable bonds is 10. The van der Waals surface area contributed by atoms with Crippen LogP contribution in [0.1, 0.15) is 26.3 Å². The van der Waals surface area contributed by atoms with Crippen LogP contribution in [0.3, 0.4) is 0 Å². The molecule has 0 bridgehead atoms. The van der Waals surface area contributed by atoms with Crippen LogP contribution in [0.4, 0.5) is 5.95 Å². The number of piperazine rings is 1. The molecule has 3 rings (SSSR count). The minimum absolute atomic E-state index is 0. The number of ether oxygens (including phenoxy) is 1. The zero-order valence-corrected chi connectivity index (χ0v) is 22.4. The summed E-state index contributed by atoms with van der Waals surface area (Å²) in [6.45, 7) is 15.1. The number of aliphatic imine (C=N–C) groups is 1. The van der Waals surface area contributed by atoms with Gasteiger partial charge in [-0.2, -0.15) is 0 Å². The van der Waals surface area contributed by atoms with Crippen molar-refractivity contribution in [3.05, 3.63) is 48.3 Å². The highest BCUT2D eigenvalue weighted by atomic mass is 127. The number of anilines is 1. The Bertz CT molecular complexity index is 825. The van der Waals surface area contributed by atoms with Crippen molar-refractivity contribution < 1.29 is 4.74 Å². The van der Waals surface area contributed by atoms with E-state index in [2.05, 4.69) is 56.8 Å². The quantitative estimate of drug-likeness (QED) is 0.269. The lowest BCUT2D eigenvalue weighted by molar-refractivity contribution is 0.221. The van der Waals surface area contributed by atoms with E-state index in [-0.39, 0.29) is 24.0 Å². The average Bonchev–Trinajstić information content (AvgIpc) is 2.86. The van der Waals surface area contributed by atoms with Crippen molar-refractivity contribution in [1.29, 1.82) is 0 Å². The largest absolute Gasteiger partial charge is 0.492 e. The second kappa shape index (κ2) is 14.9. The molecular formula is C24H38IN7O. The van der Waals surface area contributed by atoms with Gasteiger partial charge in [0.25, 0.3) is 0 Å². The Morgan fingerprint density at radius 1 is 1.03 bits per heavy atom. The maximum Gasteiger partial charge on any atom is 0.225 e. The van der Waals surface area contributed by atoms with E-state index in [1.165, 1.54) is 0 Å². The second-order valence-electron chi connectivity index (χ2n) is 7.68. The van der Waals surface area contributed by atoms with E-state index in [9.17, 15) is 0 Å². The Kier molecular flexibility index (Phi) is 12.2. The van der Waals surface area contributed by atoms with E-state index >= 15 is 0 Å². The molecule has 2 aromatic rings. The molecule has 0 unspecified atom stereocenters. The van der Waals surface area contributed by atoms with Gasteiger partial charge in [0, 0.05) is 57.2 Å². The first kappa shape index (κ1) is 27.1. The molecule has 1 aliphatic heterocycles. The first-order valence-corrected chi connectivity index (χ1v) is 11.7. The topological polar surface area (TPSA) is 69.1 Å². The summed E-state index contributed by atoms with van der Waals surface area (Å²) in [5, 5.41) is 3.45. The fourth-order valence-corrected chi connectivity index (χ4v) is 3.76. The molecule has 2 heterocycles. The Morgan fingerprint density at radius 3 is 2.39 bits per heavy atom. The van der Waals surface area contributed by atoms with Crippen molar-refractivity contribution in [3.63, 3.8) is 0 Å². The van der Waals surface area contributed by atoms with Crippen LogP contribution in [0, 0.1) is 0 Å². The number of hydrogen-bond acceptors (Lipinski definition) is 6. The SMILES string of the molecule is CCNC(=NCc1ccccc1OCCN(CC)CC)N1CCN(c2ncccn2)CC1.I. The van der Waals surface area contributed by atoms with Crippen LogP contribution in [0.2, 0.25) is 0 Å². The van der Waals surface area contributed by atoms with Gasteiger partial charge >= 0.3 is 0 Å². The lowest BCUT2D eigenvalue weighted by Gasteiger charge is -2.36. The molecule has 1 aromatic carbocycles. The fourth-order valence-electron chi connectivity index (χ4n) is 3.76. The highest BCUT2D eigenvalue weighted by Crippen LogP contribution is 2.19. The number of likely N-dealkylation sites (N-methyl/N-ethyl adjacent to an activating group) is 1. The number of nitrogens with zero attached hydrogens (tertiary/aromatic N) is 6. The molecule has 33 heavy (non-hydrogen) atoms. The van der Waals surface area contributed by atoms with Crippen LogP contribution in [0.25, 0.3) is 0 Å². The maximum atomic E-state index is 6.11. The summed E-state index contributed by atoms with van der Waals surface area (Å²) in [6, 6.07) is 10.1. The summed E-state index contributed by atoms with van der Waals surface area (Å²) in [6.07, 6.45) is 3.59. The van der Waals surface area contributed by atoms with Gasteiger partial charge in [-0.3, -0.25) is 0 Å². The van der Waals surface area contributed by atoms with Crippen LogP contribution in [-0.2, 0) is 6.54 Å². The monoisotopic (exact) mass is 567 g/mol. The van der Waals surface area contributed by atoms with Crippen LogP contribution in [0.15, 0.2) is 47.7 Å². The van der Waals surface area contributed by atoms with Crippen LogP contribution in [0.5, 0.6) is 5.75 Å². The smallest absolute Gasteiger partial charge is 0.225 e. The molecule has 1 fully saturated rings. The highest BCUT2D eigenvalue weighted by Gasteiger charge is 2.21. The van der Waals surface area contributed by atoms with E-state index in [0.29, 0.717) is 13.2 Å². The number of aromatic nitrogens is 2. The van der Waals surface area contributed by atoms with Gasteiger partial charge in [-0.15, -0.1) is 24.0 Å². The Labute approximate surface area is 215 Å². The maximum absolute atomic E-state index is 6.11. The van der Waals surface area contributed by atoms with Crippen LogP contribution >= 0.6 is 24.0 Å². The number of benzene rings is 1. The third kappa shape index (κ3) is 8.29. The standard InChI is InChI=1S/C24H37N7O.HI/c1-4-25-23(30-14-16-31(17-15-30)24-26-12-9-13-27-24)28-20-21-10-7-8-11-22(21)32-19-18-29(5-2)6-3;/h7-13H,4-6,14-20H2,1-3H3,(H,25,28);1H. The summed E-state index contributed by atoms with van der Waals surface area (Å²) < 4.78 is 6.11. The van der Waals surface area contributed by atoms with Gasteiger partial charge in [-0.05, 0) is 32.1 Å². The summed E-state index contributed by atoms with van der Waals surface area (Å²) in [7, 11) is 0. The summed E-state index contributed by atoms with van der Waals surface area (Å²) in [4.78, 5) is 20.6. The molecule has 1 N–H and O–H groups in total. The molecule has 1 aliphatic rings. The lowest BCUT2D eigenvalue weighted by Crippen LogP contribution is -2.52. The van der Waals surface area contributed by atoms with Gasteiger partial charge in [0.2, 0.25) is 5.95 Å². The predicted octanol–water partition coefficient (Wildman–Crippen LogP) is 3.10. The molecule has 0 spiro atoms. The van der Waals surface area contributed by atoms with E-state index in [0.717, 1.165) is 75.6 Å². The van der Waals surface area contributed by atoms with Crippen LogP contribution < -0.4 is 15.0 Å². The third-order valence-corrected chi connectivity index (χ3v) is 5.68. The van der Waals surface area contributed by atoms with E-state index < -0.39 is 0 Å². The van der Waals surface area contributed by atoms with Crippen molar-refractivity contribution >= 4 is 35.9 Å². The fraction of sp³-hybridized carbons (Fsp3) is 0.542. The van der Waals surface area contributed by atoms with Gasteiger partial charge in [0.15, 0.2) is 5.96 Å². The Balaban J connectivity index is 0.00000385. The van der Waals surface area contributed by atoms with E-state index in [1.54, 1.807) is 12.4 Å². The first-order chi connectivity index (χ1) is 15.7. The minimum Gasteiger partial charge on any atom is -0.492 e. The Morgan fingerprint density at radius 2 is 1.73 bits per heavy atom. The van der Waals surface area contributed by atoms with Gasteiger partial charge < -0.3 is 24.8 Å². The molecule has 0 aliphatic carbocycles. The van der Waals surface area contributed by atoms with E-state index in [1.807, 2.05) is 24.3 Å². The predicted molar refractivity (Wildman–Crippen MR) is 146 cm³/mol. The third-order valence-electron chi connectivity index (χ3n) is 5.68. The first-order valence-electron chi connectivity index (χ1n) is 11.7. The van der Waals surface area contributed by atoms with Crippen molar-refractivity contribution in [1.82, 2.24) is 25.1 Å². The summed E-state index contributed by atoms with van der Waals surface area (Å²) >= 11 is 0. The number of guanidine groups is 1. The van der Waals surface area contributed by atoms with Crippen LogP contribution in [-0.4, -0.2) is 84.7 Å². The van der Waals surface area contributed by atoms with Gasteiger partial charge in [0.05, 0.1) is 6.54 Å². The molecule has 0 atom stereocenters. The number of nitrogens with one attached hydrogen (secondary N) is 1. The zero-order chi connectivity index (χ0) is 22.6. The highest BCUT2D eigenvalue weighted by molar-refractivity contribution is 14.0. The number of halogens is 1. The molecule has 0 amide bonds. The second-order valence-corrected chi connectivity index (χ2v) is 7.68. The zero-order valence-electron chi connectivity index (χ0n) is 20.1. The van der Waals surface area contributed by atoms with Gasteiger partial charge in [-0.25, -0.2) is 15.0 Å². The molecule has 1 aromatic heterocycles. The molecule has 0 saturated carbocycles. The van der Waals surface area contributed by atoms with Crippen molar-refractivity contribution in [3.8, 4) is 5.75 Å². The molecule has 9 heteroatoms. The normalized spacial score (nSPS) is 14.2. The molecule has 0 radical (unpaired) electrons. The van der Waals surface area contributed by atoms with E-state index in [4.69, 9.17) is 9.73 Å². The van der Waals surface area contributed by atoms with Gasteiger partial charge in [0.1, 0.15) is 12.4 Å². The summed E-state index contributed by atoms with van der Waals surface area (Å²) in [5.74, 6) is 2.66. The summed E-state index contributed by atoms with van der Waals surface area (Å²) in [5.41, 5.74) is 1.11. The minimum atomic E-state index is 0. The molecule has 1 saturated heterocycles. The molecule has 182 valence electrons. The average molecular weight is 568 g/mol. The van der Waals surface area contributed by atoms with Gasteiger partial charge in [-0.1, -0.05) is 32.0 Å². The van der Waals surface area contributed by atoms with Crippen molar-refractivity contribution in [2.45, 2.75) is 27.3 Å². The Hall–Kier alpha value is -2.14. The van der Waals surface area contributed by atoms with Crippen molar-refractivity contribution in [2.75, 3.05) is 63.9 Å². The number of para-hydroxylation sites is 1. The molecule has 8 nitrogen and oxygen atoms in total. The number of hydrogen-bond donors (Lipinski definition) is 1.